The van der Waals surface area contributed by atoms with Gasteiger partial charge in [0, 0.05) is 11.1 Å². The number of nitrogens with one attached hydrogen (secondary N) is 1. The lowest BCUT2D eigenvalue weighted by Gasteiger charge is -2.17. The maximum absolute atomic E-state index is 11.7. The van der Waals surface area contributed by atoms with Crippen molar-refractivity contribution in [3.05, 3.63) is 34.9 Å². The maximum Gasteiger partial charge on any atom is 0.224 e. The first-order valence-corrected chi connectivity index (χ1v) is 5.90. The van der Waals surface area contributed by atoms with E-state index in [0.29, 0.717) is 17.4 Å². The van der Waals surface area contributed by atoms with Crippen molar-refractivity contribution < 1.29 is 4.79 Å². The molecule has 0 saturated carbocycles. The summed E-state index contributed by atoms with van der Waals surface area (Å²) in [6, 6.07) is 7.57. The highest BCUT2D eigenvalue weighted by Crippen LogP contribution is 2.10. The van der Waals surface area contributed by atoms with Gasteiger partial charge in [0.05, 0.1) is 6.42 Å². The fourth-order valence-corrected chi connectivity index (χ4v) is 1.39. The number of carbonyl (C=O) groups excluding carboxylic acids is 1. The predicted molar refractivity (Wildman–Crippen MR) is 67.6 cm³/mol. The van der Waals surface area contributed by atoms with Gasteiger partial charge in [-0.2, -0.15) is 0 Å². The monoisotopic (exact) mass is 239 g/mol. The van der Waals surface area contributed by atoms with E-state index in [9.17, 15) is 4.79 Å². The molecule has 0 spiro atoms. The molecule has 1 atom stereocenters. The van der Waals surface area contributed by atoms with Gasteiger partial charge in [0.1, 0.15) is 0 Å². The molecule has 0 bridgehead atoms. The van der Waals surface area contributed by atoms with Gasteiger partial charge in [-0.25, -0.2) is 0 Å². The van der Waals surface area contributed by atoms with Crippen LogP contribution >= 0.6 is 11.6 Å². The van der Waals surface area contributed by atoms with Gasteiger partial charge in [0.25, 0.3) is 0 Å². The van der Waals surface area contributed by atoms with Crippen molar-refractivity contribution in [2.24, 2.45) is 5.92 Å². The average Bonchev–Trinajstić information content (AvgIpc) is 2.21. The first-order valence-electron chi connectivity index (χ1n) is 5.53. The molecule has 0 aliphatic rings. The molecule has 1 unspecified atom stereocenters. The number of hydrogen-bond donors (Lipinski definition) is 1. The summed E-state index contributed by atoms with van der Waals surface area (Å²) in [5.74, 6) is 0.512. The van der Waals surface area contributed by atoms with Crippen molar-refractivity contribution >= 4 is 17.5 Å². The number of carbonyl (C=O) groups is 1. The second kappa shape index (κ2) is 5.90. The van der Waals surface area contributed by atoms with Crippen LogP contribution < -0.4 is 5.32 Å². The average molecular weight is 240 g/mol. The molecule has 0 aromatic heterocycles. The van der Waals surface area contributed by atoms with Gasteiger partial charge >= 0.3 is 0 Å². The van der Waals surface area contributed by atoms with Gasteiger partial charge in [0.15, 0.2) is 0 Å². The highest BCUT2D eigenvalue weighted by atomic mass is 35.5. The molecule has 1 rings (SSSR count). The molecule has 1 aromatic carbocycles. The lowest BCUT2D eigenvalue weighted by Crippen LogP contribution is -2.37. The van der Waals surface area contributed by atoms with Gasteiger partial charge in [-0.05, 0) is 30.5 Å². The third kappa shape index (κ3) is 4.23. The summed E-state index contributed by atoms with van der Waals surface area (Å²) < 4.78 is 0. The fourth-order valence-electron chi connectivity index (χ4n) is 1.26. The van der Waals surface area contributed by atoms with Gasteiger partial charge in [-0.3, -0.25) is 4.79 Å². The van der Waals surface area contributed by atoms with Crippen LogP contribution in [-0.4, -0.2) is 11.9 Å². The summed E-state index contributed by atoms with van der Waals surface area (Å²) in [4.78, 5) is 11.7. The molecular weight excluding hydrogens is 222 g/mol. The van der Waals surface area contributed by atoms with Gasteiger partial charge < -0.3 is 5.32 Å². The number of halogens is 1. The molecule has 1 N–H and O–H groups in total. The molecule has 0 aliphatic carbocycles. The van der Waals surface area contributed by atoms with E-state index in [4.69, 9.17) is 11.6 Å². The first-order chi connectivity index (χ1) is 7.49. The van der Waals surface area contributed by atoms with E-state index in [-0.39, 0.29) is 11.9 Å². The van der Waals surface area contributed by atoms with Crippen LogP contribution in [0.3, 0.4) is 0 Å². The number of hydrogen-bond acceptors (Lipinski definition) is 1. The summed E-state index contributed by atoms with van der Waals surface area (Å²) in [6.45, 7) is 6.20. The zero-order chi connectivity index (χ0) is 12.1. The smallest absolute Gasteiger partial charge is 0.224 e. The standard InChI is InChI=1S/C13H18ClNO/c1-9(2)10(3)15-13(16)8-11-4-6-12(14)7-5-11/h4-7,9-10H,8H2,1-3H3,(H,15,16). The van der Waals surface area contributed by atoms with Crippen molar-refractivity contribution in [2.75, 3.05) is 0 Å². The zero-order valence-corrected chi connectivity index (χ0v) is 10.7. The first kappa shape index (κ1) is 13.0. The van der Waals surface area contributed by atoms with E-state index in [0.717, 1.165) is 5.56 Å². The molecule has 16 heavy (non-hydrogen) atoms. The molecule has 1 aromatic rings. The van der Waals surface area contributed by atoms with Crippen LogP contribution in [0.15, 0.2) is 24.3 Å². The third-order valence-corrected chi connectivity index (χ3v) is 2.92. The van der Waals surface area contributed by atoms with E-state index in [1.807, 2.05) is 19.1 Å². The highest BCUT2D eigenvalue weighted by Gasteiger charge is 2.10. The molecule has 0 saturated heterocycles. The molecule has 88 valence electrons. The number of benzene rings is 1. The molecule has 0 aliphatic heterocycles. The zero-order valence-electron chi connectivity index (χ0n) is 9.96. The Labute approximate surface area is 102 Å². The van der Waals surface area contributed by atoms with Gasteiger partial charge in [0.2, 0.25) is 5.91 Å². The largest absolute Gasteiger partial charge is 0.353 e. The van der Waals surface area contributed by atoms with E-state index in [2.05, 4.69) is 19.2 Å². The van der Waals surface area contributed by atoms with Gasteiger partial charge in [-0.1, -0.05) is 37.6 Å². The minimum atomic E-state index is 0.0588. The number of amides is 1. The van der Waals surface area contributed by atoms with Crippen LogP contribution in [0, 0.1) is 5.92 Å². The molecular formula is C13H18ClNO. The van der Waals surface area contributed by atoms with Crippen LogP contribution in [0.25, 0.3) is 0 Å². The third-order valence-electron chi connectivity index (χ3n) is 2.67. The van der Waals surface area contributed by atoms with Crippen LogP contribution in [-0.2, 0) is 11.2 Å². The Morgan fingerprint density at radius 1 is 1.25 bits per heavy atom. The maximum atomic E-state index is 11.7. The van der Waals surface area contributed by atoms with E-state index < -0.39 is 0 Å². The molecule has 0 radical (unpaired) electrons. The van der Waals surface area contributed by atoms with Crippen LogP contribution in [0.1, 0.15) is 26.3 Å². The summed E-state index contributed by atoms with van der Waals surface area (Å²) in [7, 11) is 0. The Balaban J connectivity index is 2.48. The van der Waals surface area contributed by atoms with Crippen molar-refractivity contribution in [3.8, 4) is 0 Å². The molecule has 2 nitrogen and oxygen atoms in total. The topological polar surface area (TPSA) is 29.1 Å². The highest BCUT2D eigenvalue weighted by molar-refractivity contribution is 6.30. The lowest BCUT2D eigenvalue weighted by atomic mass is 10.1. The summed E-state index contributed by atoms with van der Waals surface area (Å²) in [6.07, 6.45) is 0.411. The second-order valence-corrected chi connectivity index (χ2v) is 4.84. The minimum absolute atomic E-state index is 0.0588. The Hall–Kier alpha value is -1.02. The van der Waals surface area contributed by atoms with E-state index in [1.54, 1.807) is 12.1 Å². The Morgan fingerprint density at radius 3 is 2.31 bits per heavy atom. The van der Waals surface area contributed by atoms with Crippen LogP contribution in [0.2, 0.25) is 5.02 Å². The second-order valence-electron chi connectivity index (χ2n) is 4.40. The van der Waals surface area contributed by atoms with Crippen molar-refractivity contribution in [1.29, 1.82) is 0 Å². The summed E-state index contributed by atoms with van der Waals surface area (Å²) >= 11 is 5.77. The SMILES string of the molecule is CC(C)C(C)NC(=O)Cc1ccc(Cl)cc1. The Morgan fingerprint density at radius 2 is 1.81 bits per heavy atom. The Bertz CT molecular complexity index is 345. The van der Waals surface area contributed by atoms with E-state index in [1.165, 1.54) is 0 Å². The molecule has 3 heteroatoms. The van der Waals surface area contributed by atoms with Crippen LogP contribution in [0.5, 0.6) is 0 Å². The molecule has 1 amide bonds. The van der Waals surface area contributed by atoms with E-state index >= 15 is 0 Å². The van der Waals surface area contributed by atoms with Crippen LogP contribution in [0.4, 0.5) is 0 Å². The Kier molecular flexibility index (Phi) is 4.81. The fraction of sp³-hybridized carbons (Fsp3) is 0.462. The van der Waals surface area contributed by atoms with Crippen molar-refractivity contribution in [3.63, 3.8) is 0 Å². The predicted octanol–water partition coefficient (Wildman–Crippen LogP) is 3.04. The molecule has 0 fully saturated rings. The molecule has 0 heterocycles. The summed E-state index contributed by atoms with van der Waals surface area (Å²) in [5, 5.41) is 3.66. The summed E-state index contributed by atoms with van der Waals surface area (Å²) in [5.41, 5.74) is 0.984. The minimum Gasteiger partial charge on any atom is -0.353 e. The quantitative estimate of drug-likeness (QED) is 0.860. The van der Waals surface area contributed by atoms with Crippen molar-refractivity contribution in [1.82, 2.24) is 5.32 Å². The lowest BCUT2D eigenvalue weighted by molar-refractivity contribution is -0.121. The number of rotatable bonds is 4. The van der Waals surface area contributed by atoms with Crippen molar-refractivity contribution in [2.45, 2.75) is 33.2 Å². The van der Waals surface area contributed by atoms with Gasteiger partial charge in [-0.15, -0.1) is 0 Å². The normalized spacial score (nSPS) is 12.6.